The molecule has 0 atom stereocenters. The van der Waals surface area contributed by atoms with Gasteiger partial charge in [-0.3, -0.25) is 4.79 Å². The zero-order valence-electron chi connectivity index (χ0n) is 8.88. The molecule has 88 valence electrons. The van der Waals surface area contributed by atoms with Crippen LogP contribution >= 0.6 is 0 Å². The zero-order chi connectivity index (χ0) is 12.1. The van der Waals surface area contributed by atoms with Gasteiger partial charge in [-0.15, -0.1) is 0 Å². The third-order valence-corrected chi connectivity index (χ3v) is 1.30. The summed E-state index contributed by atoms with van der Waals surface area (Å²) >= 11 is 0. The third-order valence-electron chi connectivity index (χ3n) is 1.30. The van der Waals surface area contributed by atoms with Crippen LogP contribution < -0.4 is 0 Å². The van der Waals surface area contributed by atoms with Gasteiger partial charge in [0.25, 0.3) is 6.43 Å². The lowest BCUT2D eigenvalue weighted by atomic mass is 9.97. The molecule has 0 aliphatic carbocycles. The minimum atomic E-state index is -2.72. The molecule has 6 heteroatoms. The van der Waals surface area contributed by atoms with Gasteiger partial charge in [0.2, 0.25) is 0 Å². The van der Waals surface area contributed by atoms with Gasteiger partial charge >= 0.3 is 11.9 Å². The fraction of sp³-hybridized carbons (Fsp3) is 0.778. The number of ether oxygens (including phenoxy) is 2. The molecule has 0 unspecified atom stereocenters. The van der Waals surface area contributed by atoms with Crippen molar-refractivity contribution in [2.45, 2.75) is 27.2 Å². The Hall–Kier alpha value is -1.20. The van der Waals surface area contributed by atoms with Gasteiger partial charge in [-0.05, 0) is 20.8 Å². The van der Waals surface area contributed by atoms with E-state index in [1.165, 1.54) is 0 Å². The molecule has 0 heterocycles. The van der Waals surface area contributed by atoms with Gasteiger partial charge in [-0.1, -0.05) is 0 Å². The second kappa shape index (κ2) is 5.63. The molecule has 0 N–H and O–H groups in total. The Bertz CT molecular complexity index is 233. The Morgan fingerprint density at radius 1 is 1.20 bits per heavy atom. The molecule has 0 fully saturated rings. The van der Waals surface area contributed by atoms with Crippen LogP contribution in [0.15, 0.2) is 0 Å². The molecule has 0 aromatic carbocycles. The highest BCUT2D eigenvalue weighted by Crippen LogP contribution is 2.14. The molecule has 0 saturated carbocycles. The SMILES string of the molecule is CC(C)(C)C(=O)OCC(=O)OCC(F)F. The van der Waals surface area contributed by atoms with Crippen molar-refractivity contribution in [1.29, 1.82) is 0 Å². The van der Waals surface area contributed by atoms with Crippen molar-refractivity contribution >= 4 is 11.9 Å². The number of alkyl halides is 2. The van der Waals surface area contributed by atoms with E-state index in [1.54, 1.807) is 20.8 Å². The fourth-order valence-corrected chi connectivity index (χ4v) is 0.539. The standard InChI is InChI=1S/C9H14F2O4/c1-9(2,3)8(13)15-5-7(12)14-4-6(10)11/h6H,4-5H2,1-3H3. The van der Waals surface area contributed by atoms with E-state index < -0.39 is 37.0 Å². The van der Waals surface area contributed by atoms with E-state index in [9.17, 15) is 18.4 Å². The molecule has 0 rings (SSSR count). The number of carbonyl (C=O) groups is 2. The monoisotopic (exact) mass is 224 g/mol. The topological polar surface area (TPSA) is 52.6 Å². The first-order valence-electron chi connectivity index (χ1n) is 4.34. The average Bonchev–Trinajstić information content (AvgIpc) is 2.09. The summed E-state index contributed by atoms with van der Waals surface area (Å²) in [4.78, 5) is 21.9. The summed E-state index contributed by atoms with van der Waals surface area (Å²) < 4.78 is 31.8. The Kier molecular flexibility index (Phi) is 5.18. The van der Waals surface area contributed by atoms with Crippen molar-refractivity contribution < 1.29 is 27.8 Å². The third kappa shape index (κ3) is 6.82. The predicted molar refractivity (Wildman–Crippen MR) is 47.4 cm³/mol. The van der Waals surface area contributed by atoms with Crippen molar-refractivity contribution in [3.05, 3.63) is 0 Å². The maximum Gasteiger partial charge on any atom is 0.344 e. The second-order valence-corrected chi connectivity index (χ2v) is 3.90. The molecule has 0 radical (unpaired) electrons. The number of halogens is 2. The maximum atomic E-state index is 11.6. The van der Waals surface area contributed by atoms with Crippen LogP contribution in [-0.4, -0.2) is 31.6 Å². The van der Waals surface area contributed by atoms with Crippen molar-refractivity contribution in [3.8, 4) is 0 Å². The molecule has 0 bridgehead atoms. The summed E-state index contributed by atoms with van der Waals surface area (Å²) in [6, 6.07) is 0. The van der Waals surface area contributed by atoms with Crippen LogP contribution in [0.2, 0.25) is 0 Å². The number of carbonyl (C=O) groups excluding carboxylic acids is 2. The fourth-order valence-electron chi connectivity index (χ4n) is 0.539. The van der Waals surface area contributed by atoms with Gasteiger partial charge in [0.1, 0.15) is 0 Å². The van der Waals surface area contributed by atoms with Crippen molar-refractivity contribution in [1.82, 2.24) is 0 Å². The highest BCUT2D eigenvalue weighted by atomic mass is 19.3. The van der Waals surface area contributed by atoms with E-state index in [-0.39, 0.29) is 0 Å². The van der Waals surface area contributed by atoms with Gasteiger partial charge in [0.15, 0.2) is 13.2 Å². The zero-order valence-corrected chi connectivity index (χ0v) is 8.88. The minimum Gasteiger partial charge on any atom is -0.457 e. The Morgan fingerprint density at radius 3 is 2.13 bits per heavy atom. The largest absolute Gasteiger partial charge is 0.457 e. The van der Waals surface area contributed by atoms with Gasteiger partial charge in [-0.25, -0.2) is 13.6 Å². The van der Waals surface area contributed by atoms with Gasteiger partial charge < -0.3 is 9.47 Å². The van der Waals surface area contributed by atoms with E-state index in [0.717, 1.165) is 0 Å². The molecule has 15 heavy (non-hydrogen) atoms. The van der Waals surface area contributed by atoms with Crippen LogP contribution in [0.3, 0.4) is 0 Å². The first kappa shape index (κ1) is 13.8. The number of hydrogen-bond donors (Lipinski definition) is 0. The lowest BCUT2D eigenvalue weighted by Crippen LogP contribution is -2.26. The molecule has 0 spiro atoms. The highest BCUT2D eigenvalue weighted by Gasteiger charge is 2.24. The summed E-state index contributed by atoms with van der Waals surface area (Å²) in [6.07, 6.45) is -2.72. The molecular weight excluding hydrogens is 210 g/mol. The van der Waals surface area contributed by atoms with E-state index in [4.69, 9.17) is 0 Å². The maximum absolute atomic E-state index is 11.6. The summed E-state index contributed by atoms with van der Waals surface area (Å²) in [5, 5.41) is 0. The summed E-state index contributed by atoms with van der Waals surface area (Å²) in [7, 11) is 0. The van der Waals surface area contributed by atoms with Crippen LogP contribution in [-0.2, 0) is 19.1 Å². The average molecular weight is 224 g/mol. The quantitative estimate of drug-likeness (QED) is 0.677. The normalized spacial score (nSPS) is 11.3. The molecule has 0 saturated heterocycles. The van der Waals surface area contributed by atoms with Crippen LogP contribution in [0, 0.1) is 5.41 Å². The molecule has 0 aromatic rings. The molecular formula is C9H14F2O4. The van der Waals surface area contributed by atoms with Crippen molar-refractivity contribution in [2.75, 3.05) is 13.2 Å². The molecule has 0 aliphatic heterocycles. The van der Waals surface area contributed by atoms with E-state index in [0.29, 0.717) is 0 Å². The Labute approximate surface area is 86.5 Å². The van der Waals surface area contributed by atoms with E-state index in [1.807, 2.05) is 0 Å². The predicted octanol–water partition coefficient (Wildman–Crippen LogP) is 1.38. The second-order valence-electron chi connectivity index (χ2n) is 3.90. The molecule has 0 amide bonds. The first-order chi connectivity index (χ1) is 6.73. The molecule has 0 aliphatic rings. The van der Waals surface area contributed by atoms with Crippen LogP contribution in [0.4, 0.5) is 8.78 Å². The van der Waals surface area contributed by atoms with Gasteiger partial charge in [0.05, 0.1) is 5.41 Å². The number of hydrogen-bond acceptors (Lipinski definition) is 4. The Morgan fingerprint density at radius 2 is 1.73 bits per heavy atom. The first-order valence-corrected chi connectivity index (χ1v) is 4.34. The molecule has 0 aromatic heterocycles. The summed E-state index contributed by atoms with van der Waals surface area (Å²) in [5.41, 5.74) is -0.733. The lowest BCUT2D eigenvalue weighted by Gasteiger charge is -2.15. The number of rotatable bonds is 4. The van der Waals surface area contributed by atoms with Crippen molar-refractivity contribution in [2.24, 2.45) is 5.41 Å². The van der Waals surface area contributed by atoms with E-state index >= 15 is 0 Å². The summed E-state index contributed by atoms with van der Waals surface area (Å²) in [5.74, 6) is -1.57. The molecule has 4 nitrogen and oxygen atoms in total. The number of esters is 2. The lowest BCUT2D eigenvalue weighted by molar-refractivity contribution is -0.165. The highest BCUT2D eigenvalue weighted by molar-refractivity contribution is 5.79. The van der Waals surface area contributed by atoms with E-state index in [2.05, 4.69) is 9.47 Å². The van der Waals surface area contributed by atoms with Gasteiger partial charge in [-0.2, -0.15) is 0 Å². The van der Waals surface area contributed by atoms with Crippen molar-refractivity contribution in [3.63, 3.8) is 0 Å². The van der Waals surface area contributed by atoms with Crippen LogP contribution in [0.25, 0.3) is 0 Å². The van der Waals surface area contributed by atoms with Gasteiger partial charge in [0, 0.05) is 0 Å². The smallest absolute Gasteiger partial charge is 0.344 e. The Balaban J connectivity index is 3.77. The summed E-state index contributed by atoms with van der Waals surface area (Å²) in [6.45, 7) is 3.22. The van der Waals surface area contributed by atoms with Crippen LogP contribution in [0.5, 0.6) is 0 Å². The minimum absolute atomic E-state index is 0.587. The van der Waals surface area contributed by atoms with Crippen LogP contribution in [0.1, 0.15) is 20.8 Å².